The molecular weight excluding hydrogens is 604 g/mol. The minimum Gasteiger partial charge on any atom is -0.468 e. The van der Waals surface area contributed by atoms with Crippen LogP contribution in [0.3, 0.4) is 0 Å². The lowest BCUT2D eigenvalue weighted by atomic mass is 9.92. The molecule has 1 saturated heterocycles. The first-order valence-electron chi connectivity index (χ1n) is 13.8. The average molecular weight is 636 g/mol. The Hall–Kier alpha value is -3.16. The molecule has 1 fully saturated rings. The molecule has 9 nitrogen and oxygen atoms in total. The first kappa shape index (κ1) is 31.3. The summed E-state index contributed by atoms with van der Waals surface area (Å²) in [6.45, 7) is 5.28. The molecule has 0 bridgehead atoms. The molecule has 43 heavy (non-hydrogen) atoms. The van der Waals surface area contributed by atoms with Crippen LogP contribution in [0.2, 0.25) is 5.02 Å². The van der Waals surface area contributed by atoms with E-state index in [9.17, 15) is 13.5 Å². The van der Waals surface area contributed by atoms with Gasteiger partial charge < -0.3 is 24.2 Å². The molecule has 1 N–H and O–H groups in total. The maximum Gasteiger partial charge on any atom is 0.249 e. The van der Waals surface area contributed by atoms with Crippen LogP contribution in [-0.2, 0) is 25.7 Å². The summed E-state index contributed by atoms with van der Waals surface area (Å²) in [6.07, 6.45) is 0.309. The van der Waals surface area contributed by atoms with E-state index in [2.05, 4.69) is 9.97 Å². The van der Waals surface area contributed by atoms with Crippen LogP contribution in [0.25, 0.3) is 32.8 Å². The number of anilines is 1. The number of aromatic nitrogens is 2. The predicted octanol–water partition coefficient (Wildman–Crippen LogP) is 5.31. The topological polar surface area (TPSA) is 111 Å². The summed E-state index contributed by atoms with van der Waals surface area (Å²) in [5, 5.41) is 11.4. The number of sulfone groups is 1. The van der Waals surface area contributed by atoms with Gasteiger partial charge in [-0.25, -0.2) is 27.2 Å². The number of aliphatic hydroxyl groups is 1. The van der Waals surface area contributed by atoms with Crippen molar-refractivity contribution in [2.45, 2.75) is 37.9 Å². The highest BCUT2D eigenvalue weighted by molar-refractivity contribution is 7.91. The molecule has 0 saturated carbocycles. The molecule has 13 heteroatoms. The molecule has 2 heterocycles. The highest BCUT2D eigenvalue weighted by atomic mass is 35.5. The summed E-state index contributed by atoms with van der Waals surface area (Å²) in [6, 6.07) is 7.62. The second-order valence-corrected chi connectivity index (χ2v) is 13.2. The van der Waals surface area contributed by atoms with E-state index in [1.807, 2.05) is 0 Å². The van der Waals surface area contributed by atoms with Crippen molar-refractivity contribution in [3.63, 3.8) is 0 Å². The van der Waals surface area contributed by atoms with Gasteiger partial charge in [-0.15, -0.1) is 0 Å². The number of fused-ring (bicyclic) bond motifs is 2. The zero-order chi connectivity index (χ0) is 31.1. The number of aryl methyl sites for hydroxylation is 1. The van der Waals surface area contributed by atoms with Gasteiger partial charge in [0.15, 0.2) is 12.6 Å². The number of nitrogens with zero attached hydrogens (tertiary/aromatic N) is 3. The molecule has 1 aromatic heterocycles. The highest BCUT2D eigenvalue weighted by Gasteiger charge is 2.32. The van der Waals surface area contributed by atoms with Gasteiger partial charge in [0.05, 0.1) is 30.5 Å². The van der Waals surface area contributed by atoms with E-state index in [4.69, 9.17) is 25.8 Å². The highest BCUT2D eigenvalue weighted by Crippen LogP contribution is 2.44. The lowest BCUT2D eigenvalue weighted by Gasteiger charge is -2.29. The summed E-state index contributed by atoms with van der Waals surface area (Å²) < 4.78 is 74.2. The van der Waals surface area contributed by atoms with Crippen molar-refractivity contribution in [3.05, 3.63) is 52.6 Å². The van der Waals surface area contributed by atoms with E-state index >= 15 is 8.78 Å². The van der Waals surface area contributed by atoms with Gasteiger partial charge in [-0.2, -0.15) is 0 Å². The molecular formula is C30H32ClF2N3O6S. The maximum absolute atomic E-state index is 16.9. The molecule has 3 aromatic carbocycles. The fraction of sp³-hybridized carbons (Fsp3) is 0.400. The van der Waals surface area contributed by atoms with E-state index in [-0.39, 0.29) is 71.7 Å². The van der Waals surface area contributed by atoms with E-state index in [0.717, 1.165) is 0 Å². The Kier molecular flexibility index (Phi) is 8.79. The Labute approximate surface area is 253 Å². The van der Waals surface area contributed by atoms with Crippen LogP contribution in [0.4, 0.5) is 14.6 Å². The van der Waals surface area contributed by atoms with Crippen molar-refractivity contribution in [1.29, 1.82) is 0 Å². The fourth-order valence-corrected chi connectivity index (χ4v) is 6.35. The van der Waals surface area contributed by atoms with E-state index < -0.39 is 32.2 Å². The van der Waals surface area contributed by atoms with Crippen LogP contribution in [0.15, 0.2) is 35.5 Å². The third-order valence-corrected chi connectivity index (χ3v) is 9.16. The molecule has 1 aliphatic rings. The van der Waals surface area contributed by atoms with Crippen LogP contribution in [0, 0.1) is 11.6 Å². The summed E-state index contributed by atoms with van der Waals surface area (Å²) in [5.41, 5.74) is -1.08. The number of ether oxygens (including phenoxy) is 3. The van der Waals surface area contributed by atoms with Crippen LogP contribution in [0.5, 0.6) is 5.75 Å². The fourth-order valence-electron chi connectivity index (χ4n) is 5.34. The van der Waals surface area contributed by atoms with Crippen molar-refractivity contribution >= 4 is 48.9 Å². The largest absolute Gasteiger partial charge is 0.468 e. The summed E-state index contributed by atoms with van der Waals surface area (Å²) in [7, 11) is -2.53. The SMILES string of the molecule is CCc1c(F)ccc2cc(OCOC)cc(-c3c(Cl)cc4c(N5CCOCC(C)(O)C5)nc(S(=O)(=O)CC)nc4c3F)c12. The molecule has 0 aliphatic carbocycles. The first-order chi connectivity index (χ1) is 20.4. The predicted molar refractivity (Wildman–Crippen MR) is 161 cm³/mol. The molecule has 0 spiro atoms. The second-order valence-electron chi connectivity index (χ2n) is 10.6. The molecule has 0 radical (unpaired) electrons. The van der Waals surface area contributed by atoms with Crippen molar-refractivity contribution in [2.24, 2.45) is 0 Å². The quantitative estimate of drug-likeness (QED) is 0.203. The van der Waals surface area contributed by atoms with Crippen LogP contribution < -0.4 is 9.64 Å². The van der Waals surface area contributed by atoms with Gasteiger partial charge >= 0.3 is 0 Å². The molecule has 230 valence electrons. The van der Waals surface area contributed by atoms with Gasteiger partial charge in [0, 0.05) is 24.6 Å². The van der Waals surface area contributed by atoms with Gasteiger partial charge in [-0.3, -0.25) is 0 Å². The van der Waals surface area contributed by atoms with Crippen molar-refractivity contribution < 1.29 is 36.5 Å². The first-order valence-corrected chi connectivity index (χ1v) is 15.8. The lowest BCUT2D eigenvalue weighted by Crippen LogP contribution is -2.42. The number of halogens is 3. The number of rotatable bonds is 8. The second kappa shape index (κ2) is 12.1. The Bertz CT molecular complexity index is 1820. The Morgan fingerprint density at radius 3 is 2.65 bits per heavy atom. The van der Waals surface area contributed by atoms with Gasteiger partial charge in [0.25, 0.3) is 0 Å². The standard InChI is InChI=1S/C30H32ClF2N3O6S/c1-5-19-23(32)8-7-17-11-18(42-16-40-4)12-20(24(17)19)25-22(31)13-21-27(26(25)33)34-29(43(38,39)6-2)35-28(21)36-9-10-41-15-30(3,37)14-36/h7-8,11-13,37H,5-6,9-10,14-16H2,1-4H3. The number of hydrogen-bond donors (Lipinski definition) is 1. The molecule has 0 amide bonds. The van der Waals surface area contributed by atoms with Crippen molar-refractivity contribution in [1.82, 2.24) is 9.97 Å². The number of hydrogen-bond acceptors (Lipinski definition) is 9. The zero-order valence-electron chi connectivity index (χ0n) is 24.2. The van der Waals surface area contributed by atoms with E-state index in [0.29, 0.717) is 28.5 Å². The molecule has 1 aliphatic heterocycles. The molecule has 1 atom stereocenters. The zero-order valence-corrected chi connectivity index (χ0v) is 25.8. The molecule has 4 aromatic rings. The smallest absolute Gasteiger partial charge is 0.249 e. The number of methoxy groups -OCH3 is 1. The number of benzene rings is 3. The summed E-state index contributed by atoms with van der Waals surface area (Å²) >= 11 is 6.83. The number of β-amino-alcohol motifs (C(OH)–C–C–N with tert-alkyl or cyclic N) is 1. The third-order valence-electron chi connectivity index (χ3n) is 7.36. The van der Waals surface area contributed by atoms with Crippen LogP contribution in [0.1, 0.15) is 26.3 Å². The molecule has 5 rings (SSSR count). The Morgan fingerprint density at radius 2 is 1.95 bits per heavy atom. The molecule has 1 unspecified atom stereocenters. The van der Waals surface area contributed by atoms with E-state index in [1.54, 1.807) is 36.9 Å². The van der Waals surface area contributed by atoms with Gasteiger partial charge in [0.2, 0.25) is 15.0 Å². The van der Waals surface area contributed by atoms with Crippen molar-refractivity contribution in [2.75, 3.05) is 50.9 Å². The van der Waals surface area contributed by atoms with Crippen LogP contribution in [-0.4, -0.2) is 75.1 Å². The third kappa shape index (κ3) is 5.99. The summed E-state index contributed by atoms with van der Waals surface area (Å²) in [4.78, 5) is 10.2. The van der Waals surface area contributed by atoms with Crippen molar-refractivity contribution in [3.8, 4) is 16.9 Å². The normalized spacial score (nSPS) is 17.9. The lowest BCUT2D eigenvalue weighted by molar-refractivity contribution is -0.0123. The van der Waals surface area contributed by atoms with Gasteiger partial charge in [-0.1, -0.05) is 31.5 Å². The minimum absolute atomic E-state index is 0.0321. The monoisotopic (exact) mass is 635 g/mol. The minimum atomic E-state index is -3.99. The Balaban J connectivity index is 1.87. The van der Waals surface area contributed by atoms with Gasteiger partial charge in [0.1, 0.15) is 28.5 Å². The van der Waals surface area contributed by atoms with Gasteiger partial charge in [-0.05, 0) is 59.5 Å². The van der Waals surface area contributed by atoms with E-state index in [1.165, 1.54) is 26.2 Å². The average Bonchev–Trinajstić information content (AvgIpc) is 3.15. The van der Waals surface area contributed by atoms with Crippen LogP contribution >= 0.6 is 11.6 Å². The Morgan fingerprint density at radius 1 is 1.19 bits per heavy atom. The summed E-state index contributed by atoms with van der Waals surface area (Å²) in [5.74, 6) is -1.26. The maximum atomic E-state index is 16.9.